The predicted octanol–water partition coefficient (Wildman–Crippen LogP) is 1.41. The number of aromatic amines is 1. The summed E-state index contributed by atoms with van der Waals surface area (Å²) in [5.74, 6) is 0. The first-order chi connectivity index (χ1) is 8.75. The molecule has 8 heteroatoms. The highest BCUT2D eigenvalue weighted by Gasteiger charge is 2.06. The van der Waals surface area contributed by atoms with Crippen molar-refractivity contribution in [2.24, 2.45) is 0 Å². The molecule has 0 fully saturated rings. The van der Waals surface area contributed by atoms with Gasteiger partial charge in [-0.3, -0.25) is 14.0 Å². The van der Waals surface area contributed by atoms with E-state index in [1.165, 1.54) is 11.3 Å². The van der Waals surface area contributed by atoms with Crippen LogP contribution in [0.5, 0.6) is 0 Å². The standard InChI is InChI=1S/C10H9N5OS2/c16-9-8-7(1-6-18-8)12-10(17)15(9)5-4-14-3-2-11-13-14/h1-3,6H,4-5H2,(H,12,17). The molecule has 0 aliphatic carbocycles. The van der Waals surface area contributed by atoms with Crippen LogP contribution in [-0.4, -0.2) is 24.5 Å². The Kier molecular flexibility index (Phi) is 2.80. The molecule has 1 N–H and O–H groups in total. The first kappa shape index (κ1) is 11.3. The van der Waals surface area contributed by atoms with Gasteiger partial charge in [0, 0.05) is 12.7 Å². The Bertz CT molecular complexity index is 783. The number of nitrogens with zero attached hydrogens (tertiary/aromatic N) is 4. The van der Waals surface area contributed by atoms with E-state index >= 15 is 0 Å². The zero-order valence-corrected chi connectivity index (χ0v) is 10.9. The minimum Gasteiger partial charge on any atom is -0.331 e. The highest BCUT2D eigenvalue weighted by atomic mass is 32.1. The maximum atomic E-state index is 12.2. The van der Waals surface area contributed by atoms with Crippen molar-refractivity contribution in [3.8, 4) is 0 Å². The Morgan fingerprint density at radius 2 is 2.33 bits per heavy atom. The van der Waals surface area contributed by atoms with E-state index in [9.17, 15) is 4.79 Å². The van der Waals surface area contributed by atoms with E-state index in [0.717, 1.165) is 5.52 Å². The van der Waals surface area contributed by atoms with Gasteiger partial charge in [0.1, 0.15) is 4.70 Å². The second-order valence-electron chi connectivity index (χ2n) is 3.72. The summed E-state index contributed by atoms with van der Waals surface area (Å²) >= 11 is 6.61. The molecular formula is C10H9N5OS2. The number of hydrogen-bond donors (Lipinski definition) is 1. The molecule has 0 bridgehead atoms. The predicted molar refractivity (Wildman–Crippen MR) is 71.3 cm³/mol. The quantitative estimate of drug-likeness (QED) is 0.736. The smallest absolute Gasteiger partial charge is 0.272 e. The number of hydrogen-bond acceptors (Lipinski definition) is 5. The molecule has 0 saturated carbocycles. The molecular weight excluding hydrogens is 270 g/mol. The zero-order valence-electron chi connectivity index (χ0n) is 9.24. The molecule has 18 heavy (non-hydrogen) atoms. The van der Waals surface area contributed by atoms with Gasteiger partial charge >= 0.3 is 0 Å². The molecule has 3 rings (SSSR count). The number of aryl methyl sites for hydroxylation is 1. The number of nitrogens with one attached hydrogen (secondary N) is 1. The Balaban J connectivity index is 2.01. The molecule has 0 aromatic carbocycles. The van der Waals surface area contributed by atoms with Crippen LogP contribution < -0.4 is 5.56 Å². The Morgan fingerprint density at radius 3 is 3.11 bits per heavy atom. The zero-order chi connectivity index (χ0) is 12.5. The maximum absolute atomic E-state index is 12.2. The number of H-pyrrole nitrogens is 1. The van der Waals surface area contributed by atoms with Crippen LogP contribution in [0.1, 0.15) is 0 Å². The fraction of sp³-hybridized carbons (Fsp3) is 0.200. The van der Waals surface area contributed by atoms with Crippen molar-refractivity contribution in [3.63, 3.8) is 0 Å². The van der Waals surface area contributed by atoms with E-state index < -0.39 is 0 Å². The summed E-state index contributed by atoms with van der Waals surface area (Å²) in [5.41, 5.74) is 0.746. The second-order valence-corrected chi connectivity index (χ2v) is 5.02. The van der Waals surface area contributed by atoms with Gasteiger partial charge in [-0.25, -0.2) is 0 Å². The third kappa shape index (κ3) is 1.89. The summed E-state index contributed by atoms with van der Waals surface area (Å²) in [6, 6.07) is 1.86. The van der Waals surface area contributed by atoms with Crippen LogP contribution in [0.15, 0.2) is 28.6 Å². The average Bonchev–Trinajstić information content (AvgIpc) is 2.98. The van der Waals surface area contributed by atoms with E-state index in [4.69, 9.17) is 12.2 Å². The van der Waals surface area contributed by atoms with Gasteiger partial charge in [0.2, 0.25) is 0 Å². The molecule has 6 nitrogen and oxygen atoms in total. The highest BCUT2D eigenvalue weighted by molar-refractivity contribution is 7.71. The summed E-state index contributed by atoms with van der Waals surface area (Å²) in [7, 11) is 0. The van der Waals surface area contributed by atoms with Crippen LogP contribution in [0, 0.1) is 4.77 Å². The first-order valence-electron chi connectivity index (χ1n) is 5.30. The molecule has 0 saturated heterocycles. The van der Waals surface area contributed by atoms with Crippen LogP contribution in [0.25, 0.3) is 10.2 Å². The van der Waals surface area contributed by atoms with Crippen molar-refractivity contribution in [2.45, 2.75) is 13.1 Å². The van der Waals surface area contributed by atoms with Gasteiger partial charge in [0.25, 0.3) is 5.56 Å². The van der Waals surface area contributed by atoms with Gasteiger partial charge in [-0.15, -0.1) is 16.4 Å². The van der Waals surface area contributed by atoms with E-state index in [-0.39, 0.29) is 5.56 Å². The summed E-state index contributed by atoms with van der Waals surface area (Å²) in [6.45, 7) is 1.04. The lowest BCUT2D eigenvalue weighted by Gasteiger charge is -2.05. The van der Waals surface area contributed by atoms with Gasteiger partial charge in [-0.1, -0.05) is 5.21 Å². The van der Waals surface area contributed by atoms with Gasteiger partial charge in [-0.2, -0.15) is 0 Å². The Morgan fingerprint density at radius 1 is 1.44 bits per heavy atom. The lowest BCUT2D eigenvalue weighted by Crippen LogP contribution is -2.23. The largest absolute Gasteiger partial charge is 0.331 e. The summed E-state index contributed by atoms with van der Waals surface area (Å²) in [4.78, 5) is 15.3. The summed E-state index contributed by atoms with van der Waals surface area (Å²) in [5, 5.41) is 9.44. The van der Waals surface area contributed by atoms with E-state index in [0.29, 0.717) is 22.6 Å². The molecule has 3 aromatic heterocycles. The van der Waals surface area contributed by atoms with Crippen LogP contribution in [0.3, 0.4) is 0 Å². The second kappa shape index (κ2) is 4.46. The fourth-order valence-corrected chi connectivity index (χ4v) is 2.81. The maximum Gasteiger partial charge on any atom is 0.272 e. The van der Waals surface area contributed by atoms with Crippen LogP contribution in [0.2, 0.25) is 0 Å². The Hall–Kier alpha value is -1.80. The molecule has 3 aromatic rings. The average molecular weight is 279 g/mol. The number of thiophene rings is 1. The minimum absolute atomic E-state index is 0.0520. The van der Waals surface area contributed by atoms with Crippen molar-refractivity contribution < 1.29 is 0 Å². The molecule has 0 amide bonds. The third-order valence-corrected chi connectivity index (χ3v) is 3.84. The lowest BCUT2D eigenvalue weighted by atomic mass is 10.4. The minimum atomic E-state index is -0.0520. The molecule has 0 aliphatic heterocycles. The van der Waals surface area contributed by atoms with Crippen molar-refractivity contribution in [1.29, 1.82) is 0 Å². The SMILES string of the molecule is O=c1c2sccc2[nH]c(=S)n1CCn1ccnn1. The molecule has 0 radical (unpaired) electrons. The van der Waals surface area contributed by atoms with Gasteiger partial charge in [-0.05, 0) is 23.7 Å². The lowest BCUT2D eigenvalue weighted by molar-refractivity contribution is 0.505. The number of fused-ring (bicyclic) bond motifs is 1. The summed E-state index contributed by atoms with van der Waals surface area (Å²) in [6.07, 6.45) is 3.35. The fourth-order valence-electron chi connectivity index (χ4n) is 1.73. The highest BCUT2D eigenvalue weighted by Crippen LogP contribution is 2.13. The number of rotatable bonds is 3. The molecule has 0 unspecified atom stereocenters. The van der Waals surface area contributed by atoms with E-state index in [2.05, 4.69) is 15.3 Å². The van der Waals surface area contributed by atoms with E-state index in [1.807, 2.05) is 11.4 Å². The molecule has 0 atom stereocenters. The van der Waals surface area contributed by atoms with E-state index in [1.54, 1.807) is 21.6 Å². The van der Waals surface area contributed by atoms with Gasteiger partial charge in [0.05, 0.1) is 18.3 Å². The molecule has 92 valence electrons. The van der Waals surface area contributed by atoms with Crippen LogP contribution in [-0.2, 0) is 13.1 Å². The van der Waals surface area contributed by atoms with Crippen molar-refractivity contribution in [1.82, 2.24) is 24.5 Å². The number of aromatic nitrogens is 5. The molecule has 0 spiro atoms. The van der Waals surface area contributed by atoms with Crippen molar-refractivity contribution >= 4 is 33.8 Å². The Labute approximate surface area is 111 Å². The normalized spacial score (nSPS) is 11.1. The topological polar surface area (TPSA) is 68.5 Å². The van der Waals surface area contributed by atoms with Gasteiger partial charge < -0.3 is 4.98 Å². The van der Waals surface area contributed by atoms with Crippen molar-refractivity contribution in [3.05, 3.63) is 39.0 Å². The van der Waals surface area contributed by atoms with Crippen molar-refractivity contribution in [2.75, 3.05) is 0 Å². The molecule has 0 aliphatic rings. The van der Waals surface area contributed by atoms with Gasteiger partial charge in [0.15, 0.2) is 4.77 Å². The third-order valence-electron chi connectivity index (χ3n) is 2.62. The summed E-state index contributed by atoms with van der Waals surface area (Å²) < 4.78 is 4.35. The molecule has 3 heterocycles. The first-order valence-corrected chi connectivity index (χ1v) is 6.59. The monoisotopic (exact) mass is 279 g/mol. The van der Waals surface area contributed by atoms with Crippen LogP contribution >= 0.6 is 23.6 Å². The van der Waals surface area contributed by atoms with Crippen LogP contribution in [0.4, 0.5) is 0 Å².